The molecule has 1 aliphatic carbocycles. The number of hydrogen-bond acceptors (Lipinski definition) is 4. The maximum atomic E-state index is 12.1. The van der Waals surface area contributed by atoms with E-state index in [0.29, 0.717) is 0 Å². The summed E-state index contributed by atoms with van der Waals surface area (Å²) in [7, 11) is 0. The van der Waals surface area contributed by atoms with E-state index in [-0.39, 0.29) is 42.7 Å². The van der Waals surface area contributed by atoms with E-state index < -0.39 is 0 Å². The lowest BCUT2D eigenvalue weighted by Crippen LogP contribution is -2.23. The monoisotopic (exact) mass is 346 g/mol. The summed E-state index contributed by atoms with van der Waals surface area (Å²) in [5, 5.41) is 2.95. The Labute approximate surface area is 143 Å². The number of aromatic nitrogens is 1. The van der Waals surface area contributed by atoms with E-state index in [1.807, 2.05) is 12.1 Å². The van der Waals surface area contributed by atoms with E-state index in [4.69, 9.17) is 5.73 Å². The van der Waals surface area contributed by atoms with Crippen molar-refractivity contribution in [2.45, 2.75) is 38.1 Å². The van der Waals surface area contributed by atoms with Crippen LogP contribution in [0.3, 0.4) is 0 Å². The maximum Gasteiger partial charge on any atom is 0.227 e. The van der Waals surface area contributed by atoms with Gasteiger partial charge in [-0.2, -0.15) is 0 Å². The predicted molar refractivity (Wildman–Crippen MR) is 94.1 cm³/mol. The van der Waals surface area contributed by atoms with Crippen LogP contribution in [0.25, 0.3) is 0 Å². The van der Waals surface area contributed by atoms with Gasteiger partial charge in [0, 0.05) is 25.0 Å². The van der Waals surface area contributed by atoms with Gasteiger partial charge in [0.15, 0.2) is 0 Å². The van der Waals surface area contributed by atoms with Gasteiger partial charge in [0.1, 0.15) is 5.82 Å². The van der Waals surface area contributed by atoms with E-state index in [1.165, 1.54) is 12.8 Å². The van der Waals surface area contributed by atoms with Crippen molar-refractivity contribution in [3.05, 3.63) is 18.3 Å². The van der Waals surface area contributed by atoms with Gasteiger partial charge < -0.3 is 16.0 Å². The highest BCUT2D eigenvalue weighted by Gasteiger charge is 2.27. The Kier molecular flexibility index (Phi) is 7.39. The number of anilines is 2. The lowest BCUT2D eigenvalue weighted by Gasteiger charge is -2.16. The fourth-order valence-corrected chi connectivity index (χ4v) is 3.09. The Morgan fingerprint density at radius 2 is 1.95 bits per heavy atom. The number of hydrogen-bond donors (Lipinski definition) is 2. The molecule has 7 heteroatoms. The van der Waals surface area contributed by atoms with Crippen molar-refractivity contribution in [2.24, 2.45) is 11.7 Å². The van der Waals surface area contributed by atoms with Gasteiger partial charge in [-0.05, 0) is 44.2 Å². The Balaban J connectivity index is 0.00000121. The molecule has 0 spiro atoms. The molecular weight excluding hydrogens is 323 g/mol. The SMILES string of the molecule is Cl.Cl.NC1CCC(C(=O)Nc2ccc(N3CCCC3)nc2)C1. The molecule has 2 heterocycles. The Morgan fingerprint density at radius 1 is 1.23 bits per heavy atom. The highest BCUT2D eigenvalue weighted by molar-refractivity contribution is 5.92. The molecular formula is C15H24Cl2N4O. The molecule has 0 aromatic carbocycles. The van der Waals surface area contributed by atoms with Gasteiger partial charge in [-0.3, -0.25) is 4.79 Å². The van der Waals surface area contributed by atoms with E-state index in [1.54, 1.807) is 6.20 Å². The number of amides is 1. The van der Waals surface area contributed by atoms with Gasteiger partial charge in [0.2, 0.25) is 5.91 Å². The number of nitrogens with two attached hydrogens (primary N) is 1. The summed E-state index contributed by atoms with van der Waals surface area (Å²) in [6, 6.07) is 4.11. The first-order chi connectivity index (χ1) is 9.72. The van der Waals surface area contributed by atoms with E-state index >= 15 is 0 Å². The first-order valence-electron chi connectivity index (χ1n) is 7.50. The van der Waals surface area contributed by atoms with Crippen LogP contribution in [0.1, 0.15) is 32.1 Å². The molecule has 2 unspecified atom stereocenters. The van der Waals surface area contributed by atoms with Gasteiger partial charge in [-0.25, -0.2) is 4.98 Å². The lowest BCUT2D eigenvalue weighted by atomic mass is 10.1. The minimum atomic E-state index is 0. The smallest absolute Gasteiger partial charge is 0.227 e. The Bertz CT molecular complexity index is 477. The average Bonchev–Trinajstić information content (AvgIpc) is 3.10. The number of pyridine rings is 1. The van der Waals surface area contributed by atoms with E-state index in [9.17, 15) is 4.79 Å². The molecule has 2 atom stereocenters. The van der Waals surface area contributed by atoms with Crippen LogP contribution in [0.15, 0.2) is 18.3 Å². The summed E-state index contributed by atoms with van der Waals surface area (Å²) < 4.78 is 0. The van der Waals surface area contributed by atoms with Crippen molar-refractivity contribution in [2.75, 3.05) is 23.3 Å². The van der Waals surface area contributed by atoms with Crippen LogP contribution in [-0.4, -0.2) is 30.0 Å². The number of halogens is 2. The first-order valence-corrected chi connectivity index (χ1v) is 7.50. The summed E-state index contributed by atoms with van der Waals surface area (Å²) in [5.74, 6) is 1.14. The van der Waals surface area contributed by atoms with Crippen LogP contribution >= 0.6 is 24.8 Å². The van der Waals surface area contributed by atoms with E-state index in [2.05, 4.69) is 15.2 Å². The molecule has 0 radical (unpaired) electrons. The quantitative estimate of drug-likeness (QED) is 0.882. The van der Waals surface area contributed by atoms with Gasteiger partial charge in [0.05, 0.1) is 11.9 Å². The molecule has 124 valence electrons. The predicted octanol–water partition coefficient (Wildman–Crippen LogP) is 2.59. The molecule has 1 aromatic heterocycles. The second kappa shape index (κ2) is 8.56. The molecule has 3 N–H and O–H groups in total. The second-order valence-corrected chi connectivity index (χ2v) is 5.86. The fraction of sp³-hybridized carbons (Fsp3) is 0.600. The molecule has 1 saturated carbocycles. The van der Waals surface area contributed by atoms with Crippen molar-refractivity contribution < 1.29 is 4.79 Å². The Hall–Kier alpha value is -1.04. The average molecular weight is 347 g/mol. The van der Waals surface area contributed by atoms with E-state index in [0.717, 1.165) is 43.9 Å². The van der Waals surface area contributed by atoms with Crippen molar-refractivity contribution >= 4 is 42.2 Å². The van der Waals surface area contributed by atoms with Crippen molar-refractivity contribution in [3.63, 3.8) is 0 Å². The topological polar surface area (TPSA) is 71.2 Å². The second-order valence-electron chi connectivity index (χ2n) is 5.86. The zero-order valence-electron chi connectivity index (χ0n) is 12.5. The number of rotatable bonds is 3. The maximum absolute atomic E-state index is 12.1. The van der Waals surface area contributed by atoms with Crippen molar-refractivity contribution in [1.82, 2.24) is 4.98 Å². The third-order valence-electron chi connectivity index (χ3n) is 4.29. The highest BCUT2D eigenvalue weighted by atomic mass is 35.5. The van der Waals surface area contributed by atoms with Crippen LogP contribution in [0.2, 0.25) is 0 Å². The minimum Gasteiger partial charge on any atom is -0.357 e. The van der Waals surface area contributed by atoms with Crippen LogP contribution < -0.4 is 16.0 Å². The zero-order chi connectivity index (χ0) is 13.9. The minimum absolute atomic E-state index is 0. The molecule has 1 aliphatic heterocycles. The normalized spacial score (nSPS) is 23.6. The molecule has 1 amide bonds. The molecule has 2 aliphatic rings. The zero-order valence-corrected chi connectivity index (χ0v) is 14.2. The van der Waals surface area contributed by atoms with Crippen LogP contribution in [0.4, 0.5) is 11.5 Å². The number of carbonyl (C=O) groups is 1. The van der Waals surface area contributed by atoms with Crippen LogP contribution in [0, 0.1) is 5.92 Å². The Morgan fingerprint density at radius 3 is 2.50 bits per heavy atom. The van der Waals surface area contributed by atoms with Crippen molar-refractivity contribution in [1.29, 1.82) is 0 Å². The molecule has 3 rings (SSSR count). The highest BCUT2D eigenvalue weighted by Crippen LogP contribution is 2.26. The first kappa shape index (κ1) is 19.0. The lowest BCUT2D eigenvalue weighted by molar-refractivity contribution is -0.119. The molecule has 2 fully saturated rings. The van der Waals surface area contributed by atoms with Crippen LogP contribution in [-0.2, 0) is 4.79 Å². The standard InChI is InChI=1S/C15H22N4O.2ClH/c16-12-4-3-11(9-12)15(20)18-13-5-6-14(17-10-13)19-7-1-2-8-19;;/h5-6,10-12H,1-4,7-9,16H2,(H,18,20);2*1H. The third kappa shape index (κ3) is 4.48. The number of nitrogens with one attached hydrogen (secondary N) is 1. The molecule has 1 saturated heterocycles. The summed E-state index contributed by atoms with van der Waals surface area (Å²) in [6.07, 6.45) is 6.87. The summed E-state index contributed by atoms with van der Waals surface area (Å²) >= 11 is 0. The molecule has 0 bridgehead atoms. The third-order valence-corrected chi connectivity index (χ3v) is 4.29. The summed E-state index contributed by atoms with van der Waals surface area (Å²) in [5.41, 5.74) is 6.62. The van der Waals surface area contributed by atoms with Gasteiger partial charge in [0.25, 0.3) is 0 Å². The molecule has 22 heavy (non-hydrogen) atoms. The van der Waals surface area contributed by atoms with Gasteiger partial charge >= 0.3 is 0 Å². The van der Waals surface area contributed by atoms with Gasteiger partial charge in [-0.1, -0.05) is 0 Å². The largest absolute Gasteiger partial charge is 0.357 e. The number of carbonyl (C=O) groups excluding carboxylic acids is 1. The number of nitrogens with zero attached hydrogens (tertiary/aromatic N) is 2. The van der Waals surface area contributed by atoms with Crippen LogP contribution in [0.5, 0.6) is 0 Å². The fourth-order valence-electron chi connectivity index (χ4n) is 3.09. The van der Waals surface area contributed by atoms with Crippen molar-refractivity contribution in [3.8, 4) is 0 Å². The molecule has 1 aromatic rings. The summed E-state index contributed by atoms with van der Waals surface area (Å²) in [6.45, 7) is 2.16. The molecule has 5 nitrogen and oxygen atoms in total. The van der Waals surface area contributed by atoms with Gasteiger partial charge in [-0.15, -0.1) is 24.8 Å². The summed E-state index contributed by atoms with van der Waals surface area (Å²) in [4.78, 5) is 18.8.